The van der Waals surface area contributed by atoms with E-state index in [1.54, 1.807) is 11.3 Å². The number of carbonyl (C=O) groups is 1. The third kappa shape index (κ3) is 3.88. The number of aromatic nitrogens is 1. The van der Waals surface area contributed by atoms with Crippen molar-refractivity contribution in [3.63, 3.8) is 0 Å². The van der Waals surface area contributed by atoms with E-state index in [9.17, 15) is 4.79 Å². The molecule has 1 aromatic heterocycles. The van der Waals surface area contributed by atoms with Gasteiger partial charge >= 0.3 is 0 Å². The molecule has 21 heavy (non-hydrogen) atoms. The van der Waals surface area contributed by atoms with E-state index in [2.05, 4.69) is 26.4 Å². The minimum atomic E-state index is -0.320. The van der Waals surface area contributed by atoms with Gasteiger partial charge in [-0.2, -0.15) is 10.2 Å². The van der Waals surface area contributed by atoms with E-state index < -0.39 is 0 Å². The van der Waals surface area contributed by atoms with E-state index in [1.165, 1.54) is 17.8 Å². The maximum absolute atomic E-state index is 11.9. The van der Waals surface area contributed by atoms with Crippen LogP contribution in [0.5, 0.6) is 0 Å². The molecule has 5 nitrogen and oxygen atoms in total. The van der Waals surface area contributed by atoms with Crippen LogP contribution in [0.15, 0.2) is 15.6 Å². The normalized spacial score (nSPS) is 18.2. The van der Waals surface area contributed by atoms with Crippen LogP contribution in [0.3, 0.4) is 0 Å². The van der Waals surface area contributed by atoms with Gasteiger partial charge in [-0.15, -0.1) is 23.7 Å². The van der Waals surface area contributed by atoms with Gasteiger partial charge in [0.25, 0.3) is 0 Å². The van der Waals surface area contributed by atoms with Gasteiger partial charge in [-0.05, 0) is 12.8 Å². The number of rotatable bonds is 8. The number of hydrogen-bond donors (Lipinski definition) is 1. The van der Waals surface area contributed by atoms with E-state index in [0.717, 1.165) is 18.5 Å². The number of terminal acetylenes is 1. The molecule has 1 aromatic rings. The first-order chi connectivity index (χ1) is 10.2. The molecule has 2 heterocycles. The van der Waals surface area contributed by atoms with Crippen molar-refractivity contribution >= 4 is 17.2 Å². The number of amides is 1. The fraction of sp³-hybridized carbons (Fsp3) is 0.600. The van der Waals surface area contributed by atoms with E-state index in [1.807, 2.05) is 5.38 Å². The van der Waals surface area contributed by atoms with Gasteiger partial charge in [0.05, 0.1) is 17.1 Å². The Balaban J connectivity index is 1.37. The summed E-state index contributed by atoms with van der Waals surface area (Å²) in [5.41, 5.74) is 0.557. The molecule has 1 saturated carbocycles. The predicted octanol–water partition coefficient (Wildman–Crippen LogP) is 2.64. The summed E-state index contributed by atoms with van der Waals surface area (Å²) < 4.78 is 0. The number of thiazole rings is 1. The minimum absolute atomic E-state index is 0.00963. The van der Waals surface area contributed by atoms with Crippen molar-refractivity contribution < 1.29 is 4.79 Å². The van der Waals surface area contributed by atoms with Gasteiger partial charge in [0.15, 0.2) is 5.66 Å². The average Bonchev–Trinajstić information content (AvgIpc) is 3.39. The zero-order valence-corrected chi connectivity index (χ0v) is 12.7. The number of nitrogens with zero attached hydrogens (tertiary/aromatic N) is 3. The Hall–Kier alpha value is -1.74. The van der Waals surface area contributed by atoms with Crippen LogP contribution in [0.25, 0.3) is 0 Å². The van der Waals surface area contributed by atoms with Crippen LogP contribution in [0.1, 0.15) is 48.7 Å². The number of hydrogen-bond acceptors (Lipinski definition) is 5. The molecule has 1 amide bonds. The summed E-state index contributed by atoms with van der Waals surface area (Å²) >= 11 is 1.67. The Kier molecular flexibility index (Phi) is 4.02. The summed E-state index contributed by atoms with van der Waals surface area (Å²) in [5.74, 6) is 3.26. The number of nitrogens with one attached hydrogen (secondary N) is 1. The van der Waals surface area contributed by atoms with Crippen molar-refractivity contribution in [1.82, 2.24) is 10.3 Å². The van der Waals surface area contributed by atoms with E-state index in [0.29, 0.717) is 25.3 Å². The Morgan fingerprint density at radius 3 is 2.95 bits per heavy atom. The first-order valence-electron chi connectivity index (χ1n) is 7.29. The molecule has 6 heteroatoms. The third-order valence-electron chi connectivity index (χ3n) is 3.74. The molecule has 3 rings (SSSR count). The Morgan fingerprint density at radius 1 is 1.48 bits per heavy atom. The summed E-state index contributed by atoms with van der Waals surface area (Å²) in [6.45, 7) is 0.579. The molecule has 1 aliphatic carbocycles. The SMILES string of the molecule is C#CCCC1(CCNC(=O)Cc2csc(C3CC3)n2)N=N1. The first-order valence-corrected chi connectivity index (χ1v) is 8.17. The van der Waals surface area contributed by atoms with Gasteiger partial charge in [-0.1, -0.05) is 0 Å². The lowest BCUT2D eigenvalue weighted by Gasteiger charge is -2.09. The van der Waals surface area contributed by atoms with Crippen molar-refractivity contribution in [3.05, 3.63) is 16.1 Å². The zero-order chi connectivity index (χ0) is 14.7. The summed E-state index contributed by atoms with van der Waals surface area (Å²) in [4.78, 5) is 16.4. The lowest BCUT2D eigenvalue weighted by atomic mass is 10.0. The van der Waals surface area contributed by atoms with Crippen LogP contribution in [0.2, 0.25) is 0 Å². The van der Waals surface area contributed by atoms with Crippen molar-refractivity contribution in [2.24, 2.45) is 10.2 Å². The zero-order valence-electron chi connectivity index (χ0n) is 11.8. The van der Waals surface area contributed by atoms with Crippen molar-refractivity contribution in [2.75, 3.05) is 6.54 Å². The lowest BCUT2D eigenvalue weighted by molar-refractivity contribution is -0.120. The van der Waals surface area contributed by atoms with Gasteiger partial charge in [-0.3, -0.25) is 4.79 Å². The fourth-order valence-electron chi connectivity index (χ4n) is 2.22. The second kappa shape index (κ2) is 5.94. The van der Waals surface area contributed by atoms with Crippen LogP contribution in [-0.4, -0.2) is 23.1 Å². The van der Waals surface area contributed by atoms with E-state index in [4.69, 9.17) is 6.42 Å². The van der Waals surface area contributed by atoms with E-state index >= 15 is 0 Å². The van der Waals surface area contributed by atoms with Crippen molar-refractivity contribution in [3.8, 4) is 12.3 Å². The maximum Gasteiger partial charge on any atom is 0.226 e. The number of carbonyl (C=O) groups excluding carboxylic acids is 1. The molecule has 1 N–H and O–H groups in total. The first kappa shape index (κ1) is 14.2. The monoisotopic (exact) mass is 302 g/mol. The Morgan fingerprint density at radius 2 is 2.29 bits per heavy atom. The second-order valence-corrected chi connectivity index (χ2v) is 6.50. The predicted molar refractivity (Wildman–Crippen MR) is 81.1 cm³/mol. The van der Waals surface area contributed by atoms with Crippen LogP contribution in [0.4, 0.5) is 0 Å². The molecule has 0 bridgehead atoms. The molecular weight excluding hydrogens is 284 g/mol. The molecule has 0 unspecified atom stereocenters. The largest absolute Gasteiger partial charge is 0.356 e. The van der Waals surface area contributed by atoms with Gasteiger partial charge in [0.1, 0.15) is 0 Å². The quantitative estimate of drug-likeness (QED) is 0.750. The minimum Gasteiger partial charge on any atom is -0.356 e. The Labute approximate surface area is 128 Å². The molecule has 0 radical (unpaired) electrons. The average molecular weight is 302 g/mol. The summed E-state index contributed by atoms with van der Waals surface area (Å²) in [6, 6.07) is 0. The molecule has 1 fully saturated rings. The van der Waals surface area contributed by atoms with Crippen molar-refractivity contribution in [2.45, 2.75) is 50.1 Å². The summed E-state index contributed by atoms with van der Waals surface area (Å²) in [6.07, 6.45) is 10.3. The van der Waals surface area contributed by atoms with Gasteiger partial charge in [-0.25, -0.2) is 4.98 Å². The molecule has 0 spiro atoms. The van der Waals surface area contributed by atoms with Gasteiger partial charge in [0, 0.05) is 37.1 Å². The topological polar surface area (TPSA) is 66.7 Å². The van der Waals surface area contributed by atoms with Crippen LogP contribution < -0.4 is 5.32 Å². The molecular formula is C15H18N4OS. The van der Waals surface area contributed by atoms with E-state index in [-0.39, 0.29) is 11.6 Å². The van der Waals surface area contributed by atoms with Crippen molar-refractivity contribution in [1.29, 1.82) is 0 Å². The molecule has 2 aliphatic rings. The molecule has 0 atom stereocenters. The summed E-state index contributed by atoms with van der Waals surface area (Å²) in [5, 5.41) is 14.2. The highest BCUT2D eigenvalue weighted by Crippen LogP contribution is 2.41. The highest BCUT2D eigenvalue weighted by atomic mass is 32.1. The molecule has 1 aliphatic heterocycles. The molecule has 0 saturated heterocycles. The molecule has 0 aromatic carbocycles. The Bertz CT molecular complexity index is 591. The highest BCUT2D eigenvalue weighted by molar-refractivity contribution is 7.09. The van der Waals surface area contributed by atoms with Crippen LogP contribution in [0, 0.1) is 12.3 Å². The highest BCUT2D eigenvalue weighted by Gasteiger charge is 2.38. The smallest absolute Gasteiger partial charge is 0.226 e. The lowest BCUT2D eigenvalue weighted by Crippen LogP contribution is -2.29. The second-order valence-electron chi connectivity index (χ2n) is 5.61. The fourth-order valence-corrected chi connectivity index (χ4v) is 3.21. The third-order valence-corrected chi connectivity index (χ3v) is 4.79. The maximum atomic E-state index is 11.9. The van der Waals surface area contributed by atoms with Crippen LogP contribution >= 0.6 is 11.3 Å². The van der Waals surface area contributed by atoms with Crippen LogP contribution in [-0.2, 0) is 11.2 Å². The molecule has 110 valence electrons. The standard InChI is InChI=1S/C15H18N4OS/c1-2-3-6-15(18-19-15)7-8-16-13(20)9-12-10-21-14(17-12)11-4-5-11/h1,10-11H,3-9H2,(H,16,20). The van der Waals surface area contributed by atoms with Gasteiger partial charge < -0.3 is 5.32 Å². The summed E-state index contributed by atoms with van der Waals surface area (Å²) in [7, 11) is 0. The van der Waals surface area contributed by atoms with Gasteiger partial charge in [0.2, 0.25) is 5.91 Å².